The highest BCUT2D eigenvalue weighted by Crippen LogP contribution is 2.46. The molecule has 2 aliphatic carbocycles. The Hall–Kier alpha value is -1.76. The number of thioether (sulfide) groups is 1. The van der Waals surface area contributed by atoms with Gasteiger partial charge >= 0.3 is 0 Å². The number of aromatic nitrogens is 3. The summed E-state index contributed by atoms with van der Waals surface area (Å²) in [5.74, 6) is 2.45. The SMILES string of the molecule is C[C@H](Sc1nnc(C2CC2)n1C1CC1)C(=O)NCc1ccco1. The maximum absolute atomic E-state index is 12.3. The van der Waals surface area contributed by atoms with Gasteiger partial charge in [-0.25, -0.2) is 0 Å². The lowest BCUT2D eigenvalue weighted by molar-refractivity contribution is -0.120. The van der Waals surface area contributed by atoms with Crippen LogP contribution in [0.25, 0.3) is 0 Å². The molecule has 1 amide bonds. The third kappa shape index (κ3) is 3.29. The Kier molecular flexibility index (Phi) is 3.88. The summed E-state index contributed by atoms with van der Waals surface area (Å²) in [6, 6.07) is 4.21. The molecule has 6 nitrogen and oxygen atoms in total. The number of amides is 1. The lowest BCUT2D eigenvalue weighted by atomic mass is 10.4. The average Bonchev–Trinajstić information content (AvgIpc) is 3.48. The van der Waals surface area contributed by atoms with E-state index in [0.29, 0.717) is 18.5 Å². The van der Waals surface area contributed by atoms with E-state index in [1.807, 2.05) is 19.1 Å². The minimum absolute atomic E-state index is 0.00952. The molecule has 1 N–H and O–H groups in total. The van der Waals surface area contributed by atoms with Crippen molar-refractivity contribution in [3.05, 3.63) is 30.0 Å². The first-order valence-corrected chi connectivity index (χ1v) is 9.02. The second-order valence-electron chi connectivity index (χ2n) is 6.27. The largest absolute Gasteiger partial charge is 0.467 e. The fraction of sp³-hybridized carbons (Fsp3) is 0.562. The fourth-order valence-electron chi connectivity index (χ4n) is 2.61. The summed E-state index contributed by atoms with van der Waals surface area (Å²) >= 11 is 1.50. The Morgan fingerprint density at radius 3 is 2.91 bits per heavy atom. The van der Waals surface area contributed by atoms with Gasteiger partial charge in [-0.3, -0.25) is 4.79 Å². The van der Waals surface area contributed by atoms with Crippen molar-refractivity contribution in [3.8, 4) is 0 Å². The summed E-state index contributed by atoms with van der Waals surface area (Å²) in [6.07, 6.45) is 6.44. The van der Waals surface area contributed by atoms with E-state index in [1.165, 1.54) is 37.4 Å². The van der Waals surface area contributed by atoms with Gasteiger partial charge in [0.1, 0.15) is 11.6 Å². The number of hydrogen-bond donors (Lipinski definition) is 1. The van der Waals surface area contributed by atoms with Crippen molar-refractivity contribution in [2.75, 3.05) is 0 Å². The molecule has 2 heterocycles. The van der Waals surface area contributed by atoms with Crippen molar-refractivity contribution < 1.29 is 9.21 Å². The monoisotopic (exact) mass is 332 g/mol. The summed E-state index contributed by atoms with van der Waals surface area (Å²) in [7, 11) is 0. The molecule has 0 aliphatic heterocycles. The van der Waals surface area contributed by atoms with Crippen LogP contribution in [0.1, 0.15) is 56.2 Å². The highest BCUT2D eigenvalue weighted by molar-refractivity contribution is 8.00. The van der Waals surface area contributed by atoms with Crippen LogP contribution < -0.4 is 5.32 Å². The van der Waals surface area contributed by atoms with Gasteiger partial charge in [-0.15, -0.1) is 10.2 Å². The molecule has 0 spiro atoms. The zero-order chi connectivity index (χ0) is 15.8. The maximum Gasteiger partial charge on any atom is 0.233 e. The molecule has 122 valence electrons. The van der Waals surface area contributed by atoms with Crippen LogP contribution >= 0.6 is 11.8 Å². The van der Waals surface area contributed by atoms with Crippen LogP contribution in [0, 0.1) is 0 Å². The molecule has 4 rings (SSSR count). The van der Waals surface area contributed by atoms with E-state index in [9.17, 15) is 4.79 Å². The highest BCUT2D eigenvalue weighted by atomic mass is 32.2. The predicted octanol–water partition coefficient (Wildman–Crippen LogP) is 2.88. The standard InChI is InChI=1S/C16H20N4O2S/c1-10(15(21)17-9-13-3-2-8-22-13)23-16-19-18-14(11-4-5-11)20(16)12-6-7-12/h2-3,8,10-12H,4-7,9H2,1H3,(H,17,21)/t10-/m0/s1. The molecule has 0 unspecified atom stereocenters. The van der Waals surface area contributed by atoms with Crippen molar-refractivity contribution in [1.29, 1.82) is 0 Å². The molecule has 1 atom stereocenters. The molecule has 2 aliphatic rings. The van der Waals surface area contributed by atoms with E-state index in [2.05, 4.69) is 20.1 Å². The minimum atomic E-state index is -0.210. The molecule has 0 radical (unpaired) electrons. The highest BCUT2D eigenvalue weighted by Gasteiger charge is 2.37. The summed E-state index contributed by atoms with van der Waals surface area (Å²) in [4.78, 5) is 12.3. The second kappa shape index (κ2) is 6.03. The van der Waals surface area contributed by atoms with Crippen molar-refractivity contribution in [2.45, 2.75) is 61.5 Å². The Morgan fingerprint density at radius 1 is 1.43 bits per heavy atom. The maximum atomic E-state index is 12.3. The summed E-state index contributed by atoms with van der Waals surface area (Å²) in [5.41, 5.74) is 0. The lowest BCUT2D eigenvalue weighted by Gasteiger charge is -2.12. The van der Waals surface area contributed by atoms with E-state index in [1.54, 1.807) is 6.26 Å². The molecule has 0 bridgehead atoms. The Morgan fingerprint density at radius 2 is 2.26 bits per heavy atom. The molecule has 0 saturated heterocycles. The Balaban J connectivity index is 1.40. The number of hydrogen-bond acceptors (Lipinski definition) is 5. The van der Waals surface area contributed by atoms with Crippen LogP contribution in [0.5, 0.6) is 0 Å². The molecule has 0 aromatic carbocycles. The van der Waals surface area contributed by atoms with E-state index in [0.717, 1.165) is 16.7 Å². The van der Waals surface area contributed by atoms with Gasteiger partial charge in [-0.2, -0.15) is 0 Å². The van der Waals surface area contributed by atoms with Crippen LogP contribution in [-0.2, 0) is 11.3 Å². The van der Waals surface area contributed by atoms with Gasteiger partial charge in [0.25, 0.3) is 0 Å². The number of nitrogens with one attached hydrogen (secondary N) is 1. The van der Waals surface area contributed by atoms with Gasteiger partial charge in [0.15, 0.2) is 5.16 Å². The molecule has 2 aromatic heterocycles. The Bertz CT molecular complexity index is 689. The van der Waals surface area contributed by atoms with Gasteiger partial charge in [0.05, 0.1) is 18.1 Å². The van der Waals surface area contributed by atoms with Crippen LogP contribution in [0.2, 0.25) is 0 Å². The normalized spacial score (nSPS) is 18.8. The smallest absolute Gasteiger partial charge is 0.233 e. The van der Waals surface area contributed by atoms with Crippen LogP contribution in [-0.4, -0.2) is 25.9 Å². The fourth-order valence-corrected chi connectivity index (χ4v) is 3.56. The minimum Gasteiger partial charge on any atom is -0.467 e. The second-order valence-corrected chi connectivity index (χ2v) is 7.58. The third-order valence-corrected chi connectivity index (χ3v) is 5.27. The van der Waals surface area contributed by atoms with Crippen molar-refractivity contribution in [3.63, 3.8) is 0 Å². The van der Waals surface area contributed by atoms with Crippen LogP contribution in [0.15, 0.2) is 28.0 Å². The quantitative estimate of drug-likeness (QED) is 0.789. The molecule has 2 fully saturated rings. The van der Waals surface area contributed by atoms with Gasteiger partial charge in [-0.1, -0.05) is 11.8 Å². The van der Waals surface area contributed by atoms with Crippen molar-refractivity contribution >= 4 is 17.7 Å². The van der Waals surface area contributed by atoms with E-state index in [-0.39, 0.29) is 11.2 Å². The number of rotatable bonds is 7. The van der Waals surface area contributed by atoms with Gasteiger partial charge in [0, 0.05) is 12.0 Å². The van der Waals surface area contributed by atoms with Crippen LogP contribution in [0.3, 0.4) is 0 Å². The van der Waals surface area contributed by atoms with E-state index >= 15 is 0 Å². The van der Waals surface area contributed by atoms with Gasteiger partial charge in [0.2, 0.25) is 5.91 Å². The summed E-state index contributed by atoms with van der Waals surface area (Å²) < 4.78 is 7.51. The summed E-state index contributed by atoms with van der Waals surface area (Å²) in [6.45, 7) is 2.32. The predicted molar refractivity (Wildman–Crippen MR) is 86.1 cm³/mol. The first-order valence-electron chi connectivity index (χ1n) is 8.14. The van der Waals surface area contributed by atoms with Gasteiger partial charge in [-0.05, 0) is 44.7 Å². The number of nitrogens with zero attached hydrogens (tertiary/aromatic N) is 3. The molecular formula is C16H20N4O2S. The van der Waals surface area contributed by atoms with Gasteiger partial charge < -0.3 is 14.3 Å². The topological polar surface area (TPSA) is 73.0 Å². The zero-order valence-corrected chi connectivity index (χ0v) is 13.9. The van der Waals surface area contributed by atoms with E-state index < -0.39 is 0 Å². The molecule has 7 heteroatoms. The molecule has 2 aromatic rings. The van der Waals surface area contributed by atoms with E-state index in [4.69, 9.17) is 4.42 Å². The zero-order valence-electron chi connectivity index (χ0n) is 13.1. The molecular weight excluding hydrogens is 312 g/mol. The van der Waals surface area contributed by atoms with Crippen LogP contribution in [0.4, 0.5) is 0 Å². The van der Waals surface area contributed by atoms with Crippen molar-refractivity contribution in [1.82, 2.24) is 20.1 Å². The first-order chi connectivity index (χ1) is 11.2. The third-order valence-electron chi connectivity index (χ3n) is 4.21. The Labute approximate surface area is 139 Å². The molecule has 23 heavy (non-hydrogen) atoms. The average molecular weight is 332 g/mol. The molecule has 2 saturated carbocycles. The number of furan rings is 1. The summed E-state index contributed by atoms with van der Waals surface area (Å²) in [5, 5.41) is 12.3. The first kappa shape index (κ1) is 14.8. The number of carbonyl (C=O) groups excluding carboxylic acids is 1. The lowest BCUT2D eigenvalue weighted by Crippen LogP contribution is -2.30. The van der Waals surface area contributed by atoms with Crippen molar-refractivity contribution in [2.24, 2.45) is 0 Å². The number of carbonyl (C=O) groups is 1.